The Hall–Kier alpha value is -0.920. The van der Waals surface area contributed by atoms with Gasteiger partial charge in [-0.3, -0.25) is 0 Å². The number of sulfonamides is 1. The summed E-state index contributed by atoms with van der Waals surface area (Å²) in [6.45, 7) is 3.43. The van der Waals surface area contributed by atoms with Crippen molar-refractivity contribution in [1.29, 1.82) is 0 Å². The molecule has 0 fully saturated rings. The second kappa shape index (κ2) is 4.73. The third kappa shape index (κ3) is 3.01. The van der Waals surface area contributed by atoms with Crippen LogP contribution in [0.15, 0.2) is 17.6 Å². The minimum Gasteiger partial charge on any atom is -0.395 e. The van der Waals surface area contributed by atoms with E-state index in [1.807, 2.05) is 13.8 Å². The molecule has 0 amide bonds. The fourth-order valence-electron chi connectivity index (χ4n) is 1.04. The van der Waals surface area contributed by atoms with Gasteiger partial charge in [-0.15, -0.1) is 0 Å². The molecule has 3 N–H and O–H groups in total. The first-order chi connectivity index (χ1) is 6.97. The lowest BCUT2D eigenvalue weighted by Gasteiger charge is -2.18. The van der Waals surface area contributed by atoms with Crippen molar-refractivity contribution >= 4 is 10.0 Å². The van der Waals surface area contributed by atoms with Crippen molar-refractivity contribution in [3.05, 3.63) is 12.5 Å². The lowest BCUT2D eigenvalue weighted by molar-refractivity contribution is 0.227. The van der Waals surface area contributed by atoms with Crippen molar-refractivity contribution < 1.29 is 13.5 Å². The van der Waals surface area contributed by atoms with Gasteiger partial charge in [-0.1, -0.05) is 13.8 Å². The number of aliphatic hydroxyl groups is 1. The minimum absolute atomic E-state index is 0.00148. The summed E-state index contributed by atoms with van der Waals surface area (Å²) in [4.78, 5) is 6.13. The van der Waals surface area contributed by atoms with Crippen LogP contribution in [-0.2, 0) is 10.0 Å². The fourth-order valence-corrected chi connectivity index (χ4v) is 2.32. The van der Waals surface area contributed by atoms with Crippen molar-refractivity contribution in [2.75, 3.05) is 6.61 Å². The summed E-state index contributed by atoms with van der Waals surface area (Å²) < 4.78 is 25.7. The van der Waals surface area contributed by atoms with E-state index in [-0.39, 0.29) is 17.6 Å². The van der Waals surface area contributed by atoms with E-state index in [2.05, 4.69) is 14.7 Å². The Kier molecular flexibility index (Phi) is 3.83. The molecule has 0 saturated heterocycles. The molecular weight excluding hydrogens is 218 g/mol. The zero-order valence-electron chi connectivity index (χ0n) is 8.64. The van der Waals surface area contributed by atoms with E-state index in [9.17, 15) is 8.42 Å². The highest BCUT2D eigenvalue weighted by atomic mass is 32.2. The summed E-state index contributed by atoms with van der Waals surface area (Å²) in [6, 6.07) is -0.488. The minimum atomic E-state index is -3.60. The third-order valence-corrected chi connectivity index (χ3v) is 3.49. The molecule has 0 aliphatic rings. The quantitative estimate of drug-likeness (QED) is 0.651. The van der Waals surface area contributed by atoms with Crippen molar-refractivity contribution in [3.63, 3.8) is 0 Å². The number of hydrogen-bond acceptors (Lipinski definition) is 4. The van der Waals surface area contributed by atoms with E-state index in [1.165, 1.54) is 12.5 Å². The van der Waals surface area contributed by atoms with Gasteiger partial charge in [0.1, 0.15) is 0 Å². The van der Waals surface area contributed by atoms with Crippen molar-refractivity contribution in [2.45, 2.75) is 24.9 Å². The Labute approximate surface area is 88.8 Å². The molecule has 1 atom stereocenters. The first-order valence-corrected chi connectivity index (χ1v) is 6.07. The number of aromatic nitrogens is 2. The van der Waals surface area contributed by atoms with Crippen LogP contribution in [0, 0.1) is 5.92 Å². The van der Waals surface area contributed by atoms with Gasteiger partial charge in [-0.05, 0) is 5.92 Å². The molecule has 1 heterocycles. The van der Waals surface area contributed by atoms with Gasteiger partial charge in [0.25, 0.3) is 10.0 Å². The second-order valence-electron chi connectivity index (χ2n) is 3.57. The zero-order valence-corrected chi connectivity index (χ0v) is 9.45. The largest absolute Gasteiger partial charge is 0.395 e. The Morgan fingerprint density at radius 1 is 1.60 bits per heavy atom. The predicted octanol–water partition coefficient (Wildman–Crippen LogP) is -0.295. The first kappa shape index (κ1) is 12.2. The van der Waals surface area contributed by atoms with E-state index < -0.39 is 16.1 Å². The maximum atomic E-state index is 11.7. The van der Waals surface area contributed by atoms with Crippen LogP contribution in [0.1, 0.15) is 13.8 Å². The molecule has 0 aliphatic heterocycles. The number of aromatic amines is 1. The van der Waals surface area contributed by atoms with Crippen LogP contribution in [0.5, 0.6) is 0 Å². The molecule has 1 aromatic rings. The van der Waals surface area contributed by atoms with Crippen LogP contribution < -0.4 is 4.72 Å². The Morgan fingerprint density at radius 2 is 2.27 bits per heavy atom. The number of imidazole rings is 1. The van der Waals surface area contributed by atoms with Gasteiger partial charge in [0, 0.05) is 6.04 Å². The molecule has 0 radical (unpaired) electrons. The van der Waals surface area contributed by atoms with Gasteiger partial charge in [0.05, 0.1) is 19.1 Å². The van der Waals surface area contributed by atoms with Crippen LogP contribution in [0.25, 0.3) is 0 Å². The number of nitrogens with one attached hydrogen (secondary N) is 2. The molecule has 86 valence electrons. The second-order valence-corrected chi connectivity index (χ2v) is 5.25. The van der Waals surface area contributed by atoms with E-state index in [0.717, 1.165) is 0 Å². The lowest BCUT2D eigenvalue weighted by atomic mass is 10.1. The number of H-pyrrole nitrogens is 1. The molecular formula is C8H15N3O3S. The van der Waals surface area contributed by atoms with Crippen LogP contribution in [0.3, 0.4) is 0 Å². The Bertz CT molecular complexity index is 385. The SMILES string of the molecule is CC(C)C(CO)NS(=O)(=O)c1cnc[nH]1. The average Bonchev–Trinajstić information content (AvgIpc) is 2.67. The number of nitrogens with zero attached hydrogens (tertiary/aromatic N) is 1. The maximum Gasteiger partial charge on any atom is 0.257 e. The number of rotatable bonds is 5. The van der Waals surface area contributed by atoms with Crippen LogP contribution >= 0.6 is 0 Å². The molecule has 1 unspecified atom stereocenters. The highest BCUT2D eigenvalue weighted by Gasteiger charge is 2.22. The van der Waals surface area contributed by atoms with Gasteiger partial charge >= 0.3 is 0 Å². The highest BCUT2D eigenvalue weighted by molar-refractivity contribution is 7.89. The topological polar surface area (TPSA) is 95.1 Å². The van der Waals surface area contributed by atoms with E-state index >= 15 is 0 Å². The Balaban J connectivity index is 2.81. The highest BCUT2D eigenvalue weighted by Crippen LogP contribution is 2.07. The maximum absolute atomic E-state index is 11.7. The summed E-state index contributed by atoms with van der Waals surface area (Å²) in [6.07, 6.45) is 2.51. The van der Waals surface area contributed by atoms with Crippen molar-refractivity contribution in [2.24, 2.45) is 5.92 Å². The predicted molar refractivity (Wildman–Crippen MR) is 54.6 cm³/mol. The van der Waals surface area contributed by atoms with Crippen LogP contribution in [0.2, 0.25) is 0 Å². The first-order valence-electron chi connectivity index (χ1n) is 4.59. The summed E-state index contributed by atoms with van der Waals surface area (Å²) in [5.74, 6) is 0.0210. The van der Waals surface area contributed by atoms with Gasteiger partial charge in [0.2, 0.25) is 0 Å². The monoisotopic (exact) mass is 233 g/mol. The normalized spacial score (nSPS) is 14.4. The zero-order chi connectivity index (χ0) is 11.5. The summed E-state index contributed by atoms with van der Waals surface area (Å²) >= 11 is 0. The van der Waals surface area contributed by atoms with Crippen LogP contribution in [0.4, 0.5) is 0 Å². The van der Waals surface area contributed by atoms with Crippen molar-refractivity contribution in [3.8, 4) is 0 Å². The van der Waals surface area contributed by atoms with Gasteiger partial charge in [0.15, 0.2) is 5.03 Å². The van der Waals surface area contributed by atoms with E-state index in [0.29, 0.717) is 0 Å². The molecule has 0 spiro atoms. The lowest BCUT2D eigenvalue weighted by Crippen LogP contribution is -2.41. The average molecular weight is 233 g/mol. The molecule has 6 nitrogen and oxygen atoms in total. The number of hydrogen-bond donors (Lipinski definition) is 3. The van der Waals surface area contributed by atoms with E-state index in [4.69, 9.17) is 5.11 Å². The molecule has 15 heavy (non-hydrogen) atoms. The van der Waals surface area contributed by atoms with Crippen LogP contribution in [-0.4, -0.2) is 36.1 Å². The third-order valence-electron chi connectivity index (χ3n) is 2.07. The summed E-state index contributed by atoms with van der Waals surface area (Å²) in [5.41, 5.74) is 0. The van der Waals surface area contributed by atoms with Crippen molar-refractivity contribution in [1.82, 2.24) is 14.7 Å². The molecule has 1 rings (SSSR count). The fraction of sp³-hybridized carbons (Fsp3) is 0.625. The molecule has 0 aromatic carbocycles. The molecule has 0 aliphatic carbocycles. The van der Waals surface area contributed by atoms with Gasteiger partial charge in [-0.25, -0.2) is 18.1 Å². The molecule has 1 aromatic heterocycles. The molecule has 0 saturated carbocycles. The summed E-state index contributed by atoms with van der Waals surface area (Å²) in [7, 11) is -3.60. The smallest absolute Gasteiger partial charge is 0.257 e. The Morgan fingerprint density at radius 3 is 2.67 bits per heavy atom. The van der Waals surface area contributed by atoms with Gasteiger partial charge in [-0.2, -0.15) is 0 Å². The standard InChI is InChI=1S/C8H15N3O3S/c1-6(2)7(4-12)11-15(13,14)8-3-9-5-10-8/h3,5-7,11-12H,4H2,1-2H3,(H,9,10). The molecule has 0 bridgehead atoms. The molecule has 7 heteroatoms. The summed E-state index contributed by atoms with van der Waals surface area (Å²) in [5, 5.41) is 9.01. The van der Waals surface area contributed by atoms with Gasteiger partial charge < -0.3 is 10.1 Å². The van der Waals surface area contributed by atoms with E-state index in [1.54, 1.807) is 0 Å². The number of aliphatic hydroxyl groups excluding tert-OH is 1.